The average Bonchev–Trinajstić information content (AvgIpc) is 3.13. The van der Waals surface area contributed by atoms with Crippen LogP contribution in [-0.4, -0.2) is 31.8 Å². The third-order valence-corrected chi connectivity index (χ3v) is 6.65. The molecule has 0 atom stereocenters. The number of rotatable bonds is 7. The Bertz CT molecular complexity index is 1100. The highest BCUT2D eigenvalue weighted by Gasteiger charge is 2.17. The van der Waals surface area contributed by atoms with Crippen LogP contribution in [0, 0.1) is 0 Å². The van der Waals surface area contributed by atoms with Crippen molar-refractivity contribution in [1.29, 1.82) is 0 Å². The number of aryl methyl sites for hydroxylation is 1. The van der Waals surface area contributed by atoms with Crippen LogP contribution in [0.2, 0.25) is 5.02 Å². The van der Waals surface area contributed by atoms with Gasteiger partial charge in [0.15, 0.2) is 16.6 Å². The lowest BCUT2D eigenvalue weighted by Gasteiger charge is -2.12. The molecular weight excluding hydrogens is 454 g/mol. The third-order valence-electron chi connectivity index (χ3n) is 4.75. The van der Waals surface area contributed by atoms with Gasteiger partial charge >= 0.3 is 0 Å². The van der Waals surface area contributed by atoms with Crippen molar-refractivity contribution in [3.63, 3.8) is 0 Å². The highest BCUT2D eigenvalue weighted by atomic mass is 35.5. The van der Waals surface area contributed by atoms with E-state index in [2.05, 4.69) is 29.2 Å². The minimum Gasteiger partial charge on any atom is -0.493 e. The summed E-state index contributed by atoms with van der Waals surface area (Å²) >= 11 is 13.0. The molecule has 3 rings (SSSR count). The predicted octanol–water partition coefficient (Wildman–Crippen LogP) is 4.49. The molecule has 9 heteroatoms. The Morgan fingerprint density at radius 2 is 1.81 bits per heavy atom. The second kappa shape index (κ2) is 10.7. The summed E-state index contributed by atoms with van der Waals surface area (Å²) in [5.41, 5.74) is 7.61. The molecule has 1 aromatic heterocycles. The quantitative estimate of drug-likeness (QED) is 0.344. The van der Waals surface area contributed by atoms with Crippen LogP contribution in [0.25, 0.3) is 10.1 Å². The number of hydrogen-bond donors (Lipinski definition) is 3. The van der Waals surface area contributed by atoms with Gasteiger partial charge in [-0.2, -0.15) is 0 Å². The molecule has 0 aliphatic carbocycles. The van der Waals surface area contributed by atoms with Crippen LogP contribution in [0.3, 0.4) is 0 Å². The molecule has 0 radical (unpaired) electrons. The van der Waals surface area contributed by atoms with E-state index in [0.29, 0.717) is 33.1 Å². The number of carbonyl (C=O) groups is 1. The largest absolute Gasteiger partial charge is 0.493 e. The van der Waals surface area contributed by atoms with Crippen LogP contribution in [0.15, 0.2) is 36.4 Å². The van der Waals surface area contributed by atoms with Gasteiger partial charge < -0.3 is 14.8 Å². The van der Waals surface area contributed by atoms with Gasteiger partial charge in [0, 0.05) is 16.6 Å². The van der Waals surface area contributed by atoms with Crippen molar-refractivity contribution in [1.82, 2.24) is 16.2 Å². The summed E-state index contributed by atoms with van der Waals surface area (Å²) < 4.78 is 11.5. The molecule has 0 saturated carbocycles. The van der Waals surface area contributed by atoms with Gasteiger partial charge in [-0.15, -0.1) is 11.3 Å². The zero-order valence-corrected chi connectivity index (χ0v) is 19.9. The second-order valence-electron chi connectivity index (χ2n) is 6.70. The fraction of sp³-hybridized carbons (Fsp3) is 0.273. The number of methoxy groups -OCH3 is 2. The fourth-order valence-electron chi connectivity index (χ4n) is 3.05. The van der Waals surface area contributed by atoms with Gasteiger partial charge in [0.05, 0.1) is 19.2 Å². The molecule has 1 amide bonds. The maximum absolute atomic E-state index is 12.6. The monoisotopic (exact) mass is 477 g/mol. The fourth-order valence-corrected chi connectivity index (χ4v) is 4.68. The Morgan fingerprint density at radius 1 is 1.06 bits per heavy atom. The summed E-state index contributed by atoms with van der Waals surface area (Å²) in [4.78, 5) is 13.0. The van der Waals surface area contributed by atoms with E-state index in [1.807, 2.05) is 30.3 Å². The molecule has 3 N–H and O–H groups in total. The number of thiophene rings is 1. The number of hydrogen-bond acceptors (Lipinski definition) is 5. The lowest BCUT2D eigenvalue weighted by atomic mass is 10.1. The first-order valence-electron chi connectivity index (χ1n) is 9.72. The van der Waals surface area contributed by atoms with Crippen molar-refractivity contribution in [3.05, 3.63) is 57.4 Å². The van der Waals surface area contributed by atoms with Crippen molar-refractivity contribution >= 4 is 56.3 Å². The van der Waals surface area contributed by atoms with Crippen LogP contribution in [0.4, 0.5) is 0 Å². The molecule has 164 valence electrons. The summed E-state index contributed by atoms with van der Waals surface area (Å²) in [6, 6.07) is 11.8. The van der Waals surface area contributed by atoms with Gasteiger partial charge in [-0.05, 0) is 54.4 Å². The number of thiocarbonyl (C=S) groups is 1. The summed E-state index contributed by atoms with van der Waals surface area (Å²) in [7, 11) is 3.21. The standard InChI is InChI=1S/C22H24ClN3O3S2/c1-4-13-5-7-15-18(12-13)31-20(19(15)23)21(27)25-26-22(30)24-10-9-14-6-8-16(28-2)17(11-14)29-3/h5-8,11-12H,4,9-10H2,1-3H3,(H,25,27)(H2,24,26,30). The Kier molecular flexibility index (Phi) is 7.95. The Morgan fingerprint density at radius 3 is 2.52 bits per heavy atom. The third kappa shape index (κ3) is 5.58. The first kappa shape index (κ1) is 23.1. The van der Waals surface area contributed by atoms with Crippen molar-refractivity contribution in [2.45, 2.75) is 19.8 Å². The van der Waals surface area contributed by atoms with Crippen molar-refractivity contribution in [2.24, 2.45) is 0 Å². The van der Waals surface area contributed by atoms with Gasteiger partial charge in [-0.3, -0.25) is 15.6 Å². The van der Waals surface area contributed by atoms with E-state index in [1.165, 1.54) is 16.9 Å². The molecule has 0 saturated heterocycles. The maximum atomic E-state index is 12.6. The number of amides is 1. The minimum atomic E-state index is -0.326. The highest BCUT2D eigenvalue weighted by molar-refractivity contribution is 7.80. The number of benzene rings is 2. The SMILES string of the molecule is CCc1ccc2c(Cl)c(C(=O)NNC(=S)NCCc3ccc(OC)c(OC)c3)sc2c1. The number of carbonyl (C=O) groups excluding carboxylic acids is 1. The van der Waals surface area contributed by atoms with Crippen LogP contribution in [0.5, 0.6) is 11.5 Å². The molecule has 6 nitrogen and oxygen atoms in total. The number of ether oxygens (including phenoxy) is 2. The normalized spacial score (nSPS) is 10.6. The molecule has 31 heavy (non-hydrogen) atoms. The van der Waals surface area contributed by atoms with Gasteiger partial charge in [0.1, 0.15) is 4.88 Å². The molecule has 0 fully saturated rings. The lowest BCUT2D eigenvalue weighted by molar-refractivity contribution is 0.0948. The van der Waals surface area contributed by atoms with Gasteiger partial charge in [0.25, 0.3) is 5.91 Å². The minimum absolute atomic E-state index is 0.319. The zero-order valence-electron chi connectivity index (χ0n) is 17.5. The van der Waals surface area contributed by atoms with E-state index in [-0.39, 0.29) is 5.91 Å². The van der Waals surface area contributed by atoms with E-state index >= 15 is 0 Å². The maximum Gasteiger partial charge on any atom is 0.281 e. The van der Waals surface area contributed by atoms with E-state index in [0.717, 1.165) is 28.5 Å². The smallest absolute Gasteiger partial charge is 0.281 e. The van der Waals surface area contributed by atoms with Crippen LogP contribution >= 0.6 is 35.2 Å². The summed E-state index contributed by atoms with van der Waals surface area (Å²) in [6.07, 6.45) is 1.65. The molecular formula is C22H24ClN3O3S2. The summed E-state index contributed by atoms with van der Waals surface area (Å²) in [5.74, 6) is 1.04. The number of hydrazine groups is 1. The van der Waals surface area contributed by atoms with Crippen molar-refractivity contribution in [2.75, 3.05) is 20.8 Å². The van der Waals surface area contributed by atoms with Gasteiger partial charge in [-0.1, -0.05) is 36.7 Å². The van der Waals surface area contributed by atoms with Gasteiger partial charge in [-0.25, -0.2) is 0 Å². The van der Waals surface area contributed by atoms with E-state index in [1.54, 1.807) is 14.2 Å². The molecule has 0 aliphatic rings. The second-order valence-corrected chi connectivity index (χ2v) is 8.54. The highest BCUT2D eigenvalue weighted by Crippen LogP contribution is 2.35. The van der Waals surface area contributed by atoms with Crippen LogP contribution < -0.4 is 25.6 Å². The Balaban J connectivity index is 1.51. The number of halogens is 1. The zero-order chi connectivity index (χ0) is 22.4. The number of fused-ring (bicyclic) bond motifs is 1. The Hall–Kier alpha value is -2.55. The van der Waals surface area contributed by atoms with Crippen LogP contribution in [0.1, 0.15) is 27.7 Å². The summed E-state index contributed by atoms with van der Waals surface area (Å²) in [6.45, 7) is 2.67. The molecule has 1 heterocycles. The molecule has 3 aromatic rings. The van der Waals surface area contributed by atoms with E-state index in [9.17, 15) is 4.79 Å². The predicted molar refractivity (Wildman–Crippen MR) is 131 cm³/mol. The topological polar surface area (TPSA) is 71.6 Å². The average molecular weight is 478 g/mol. The van der Waals surface area contributed by atoms with Crippen molar-refractivity contribution in [3.8, 4) is 11.5 Å². The molecule has 0 unspecified atom stereocenters. The van der Waals surface area contributed by atoms with Crippen molar-refractivity contribution < 1.29 is 14.3 Å². The van der Waals surface area contributed by atoms with E-state index < -0.39 is 0 Å². The van der Waals surface area contributed by atoms with E-state index in [4.69, 9.17) is 33.3 Å². The molecule has 0 bridgehead atoms. The first-order valence-corrected chi connectivity index (χ1v) is 11.3. The van der Waals surface area contributed by atoms with Crippen LogP contribution in [-0.2, 0) is 12.8 Å². The molecule has 0 aliphatic heterocycles. The molecule has 0 spiro atoms. The first-order chi connectivity index (χ1) is 15.0. The number of nitrogens with one attached hydrogen (secondary N) is 3. The Labute approximate surface area is 195 Å². The summed E-state index contributed by atoms with van der Waals surface area (Å²) in [5, 5.41) is 4.72. The lowest BCUT2D eigenvalue weighted by Crippen LogP contribution is -2.47. The molecule has 2 aromatic carbocycles. The van der Waals surface area contributed by atoms with Gasteiger partial charge in [0.2, 0.25) is 0 Å².